The quantitative estimate of drug-likeness (QED) is 0.691. The van der Waals surface area contributed by atoms with Crippen molar-refractivity contribution in [1.82, 2.24) is 4.90 Å². The molecular formula is C15H14N2O4. The van der Waals surface area contributed by atoms with Gasteiger partial charge >= 0.3 is 5.69 Å². The molecule has 0 unspecified atom stereocenters. The van der Waals surface area contributed by atoms with E-state index in [0.717, 1.165) is 17.7 Å². The Hall–Kier alpha value is -2.89. The molecule has 0 radical (unpaired) electrons. The Morgan fingerprint density at radius 3 is 2.48 bits per heavy atom. The first-order valence-electron chi connectivity index (χ1n) is 6.26. The fraction of sp³-hybridized carbons (Fsp3) is 0.133. The lowest BCUT2D eigenvalue weighted by Gasteiger charge is -2.17. The van der Waals surface area contributed by atoms with Crippen LogP contribution in [-0.2, 0) is 6.54 Å². The van der Waals surface area contributed by atoms with Crippen LogP contribution in [0.25, 0.3) is 0 Å². The van der Waals surface area contributed by atoms with E-state index in [9.17, 15) is 20.0 Å². The zero-order chi connectivity index (χ0) is 15.4. The molecule has 0 aromatic heterocycles. The number of phenolic OH excluding ortho intramolecular Hbond substituents is 1. The summed E-state index contributed by atoms with van der Waals surface area (Å²) in [6.45, 7) is 0.414. The smallest absolute Gasteiger partial charge is 0.310 e. The summed E-state index contributed by atoms with van der Waals surface area (Å²) in [7, 11) is 1.63. The van der Waals surface area contributed by atoms with Crippen molar-refractivity contribution < 1.29 is 14.8 Å². The summed E-state index contributed by atoms with van der Waals surface area (Å²) in [5, 5.41) is 20.2. The third-order valence-electron chi connectivity index (χ3n) is 3.03. The van der Waals surface area contributed by atoms with E-state index in [4.69, 9.17) is 0 Å². The van der Waals surface area contributed by atoms with Crippen molar-refractivity contribution in [3.05, 3.63) is 69.8 Å². The second kappa shape index (κ2) is 6.04. The van der Waals surface area contributed by atoms with Crippen LogP contribution in [0, 0.1) is 10.1 Å². The van der Waals surface area contributed by atoms with Crippen LogP contribution in [-0.4, -0.2) is 27.9 Å². The minimum absolute atomic E-state index is 0.205. The lowest BCUT2D eigenvalue weighted by atomic mass is 10.1. The molecular weight excluding hydrogens is 272 g/mol. The van der Waals surface area contributed by atoms with Crippen molar-refractivity contribution >= 4 is 11.6 Å². The number of rotatable bonds is 4. The molecule has 0 saturated heterocycles. The molecule has 6 heteroatoms. The van der Waals surface area contributed by atoms with E-state index < -0.39 is 16.4 Å². The first-order valence-corrected chi connectivity index (χ1v) is 6.26. The van der Waals surface area contributed by atoms with Crippen molar-refractivity contribution in [3.63, 3.8) is 0 Å². The van der Waals surface area contributed by atoms with Crippen LogP contribution in [0.5, 0.6) is 5.75 Å². The van der Waals surface area contributed by atoms with Crippen LogP contribution in [0.2, 0.25) is 0 Å². The summed E-state index contributed by atoms with van der Waals surface area (Å²) >= 11 is 0. The molecule has 0 spiro atoms. The lowest BCUT2D eigenvalue weighted by molar-refractivity contribution is -0.385. The van der Waals surface area contributed by atoms with Crippen molar-refractivity contribution in [1.29, 1.82) is 0 Å². The minimum atomic E-state index is -0.697. The Kier molecular flexibility index (Phi) is 4.18. The third-order valence-corrected chi connectivity index (χ3v) is 3.03. The summed E-state index contributed by atoms with van der Waals surface area (Å²) < 4.78 is 0. The second-order valence-electron chi connectivity index (χ2n) is 4.61. The minimum Gasteiger partial charge on any atom is -0.502 e. The molecule has 1 amide bonds. The number of hydrogen-bond donors (Lipinski definition) is 1. The van der Waals surface area contributed by atoms with Crippen molar-refractivity contribution in [2.24, 2.45) is 0 Å². The fourth-order valence-corrected chi connectivity index (χ4v) is 1.96. The Bertz CT molecular complexity index is 671. The molecule has 0 heterocycles. The Balaban J connectivity index is 2.16. The highest BCUT2D eigenvalue weighted by molar-refractivity contribution is 5.94. The first-order chi connectivity index (χ1) is 9.99. The van der Waals surface area contributed by atoms with Gasteiger partial charge in [0, 0.05) is 25.2 Å². The summed E-state index contributed by atoms with van der Waals surface area (Å²) in [6, 6.07) is 13.0. The SMILES string of the molecule is CN(Cc1ccccc1)C(=O)c1ccc([N+](=O)[O-])c(O)c1. The number of phenols is 1. The van der Waals surface area contributed by atoms with Gasteiger partial charge in [-0.1, -0.05) is 30.3 Å². The molecule has 0 fully saturated rings. The molecule has 2 aromatic rings. The highest BCUT2D eigenvalue weighted by Crippen LogP contribution is 2.26. The maximum atomic E-state index is 12.2. The standard InChI is InChI=1S/C15H14N2O4/c1-16(10-11-5-3-2-4-6-11)15(19)12-7-8-13(17(20)21)14(18)9-12/h2-9,18H,10H2,1H3. The maximum Gasteiger partial charge on any atom is 0.310 e. The molecule has 2 aromatic carbocycles. The van der Waals surface area contributed by atoms with E-state index in [0.29, 0.717) is 6.54 Å². The molecule has 0 atom stereocenters. The third kappa shape index (κ3) is 3.36. The molecule has 1 N–H and O–H groups in total. The van der Waals surface area contributed by atoms with Crippen LogP contribution in [0.15, 0.2) is 48.5 Å². The van der Waals surface area contributed by atoms with Gasteiger partial charge in [-0.25, -0.2) is 0 Å². The van der Waals surface area contributed by atoms with Gasteiger partial charge in [-0.3, -0.25) is 14.9 Å². The number of carbonyl (C=O) groups is 1. The van der Waals surface area contributed by atoms with Gasteiger partial charge in [-0.15, -0.1) is 0 Å². The number of amides is 1. The largest absolute Gasteiger partial charge is 0.502 e. The maximum absolute atomic E-state index is 12.2. The van der Waals surface area contributed by atoms with Gasteiger partial charge in [0.05, 0.1) is 4.92 Å². The Morgan fingerprint density at radius 2 is 1.90 bits per heavy atom. The number of aromatic hydroxyl groups is 1. The number of carbonyl (C=O) groups excluding carboxylic acids is 1. The fourth-order valence-electron chi connectivity index (χ4n) is 1.96. The summed E-state index contributed by atoms with van der Waals surface area (Å²) in [5.41, 5.74) is 0.758. The van der Waals surface area contributed by atoms with Crippen LogP contribution < -0.4 is 0 Å². The average molecular weight is 286 g/mol. The summed E-state index contributed by atoms with van der Waals surface area (Å²) in [4.78, 5) is 23.6. The van der Waals surface area contributed by atoms with Gasteiger partial charge in [-0.05, 0) is 17.7 Å². The van der Waals surface area contributed by atoms with Crippen molar-refractivity contribution in [2.45, 2.75) is 6.54 Å². The second-order valence-corrected chi connectivity index (χ2v) is 4.61. The van der Waals surface area contributed by atoms with Gasteiger partial charge in [-0.2, -0.15) is 0 Å². The van der Waals surface area contributed by atoms with E-state index in [2.05, 4.69) is 0 Å². The predicted octanol–water partition coefficient (Wildman–Crippen LogP) is 2.57. The van der Waals surface area contributed by atoms with Gasteiger partial charge in [0.1, 0.15) is 0 Å². The Labute approximate surface area is 121 Å². The highest BCUT2D eigenvalue weighted by atomic mass is 16.6. The Morgan fingerprint density at radius 1 is 1.24 bits per heavy atom. The molecule has 6 nitrogen and oxygen atoms in total. The van der Waals surface area contributed by atoms with Crippen molar-refractivity contribution in [3.8, 4) is 5.75 Å². The van der Waals surface area contributed by atoms with Gasteiger partial charge < -0.3 is 10.0 Å². The van der Waals surface area contributed by atoms with E-state index in [1.165, 1.54) is 11.0 Å². The molecule has 21 heavy (non-hydrogen) atoms. The predicted molar refractivity (Wildman–Crippen MR) is 77.0 cm³/mol. The normalized spacial score (nSPS) is 10.1. The number of benzene rings is 2. The van der Waals surface area contributed by atoms with E-state index in [1.54, 1.807) is 7.05 Å². The monoisotopic (exact) mass is 286 g/mol. The summed E-state index contributed by atoms with van der Waals surface area (Å²) in [5.74, 6) is -0.831. The molecule has 0 aliphatic carbocycles. The highest BCUT2D eigenvalue weighted by Gasteiger charge is 2.18. The molecule has 0 saturated carbocycles. The zero-order valence-electron chi connectivity index (χ0n) is 11.4. The number of nitro benzene ring substituents is 1. The number of nitrogens with zero attached hydrogens (tertiary/aromatic N) is 2. The van der Waals surface area contributed by atoms with Gasteiger partial charge in [0.2, 0.25) is 0 Å². The van der Waals surface area contributed by atoms with E-state index in [-0.39, 0.29) is 11.5 Å². The van der Waals surface area contributed by atoms with Gasteiger partial charge in [0.25, 0.3) is 5.91 Å². The van der Waals surface area contributed by atoms with E-state index in [1.807, 2.05) is 30.3 Å². The molecule has 2 rings (SSSR count). The molecule has 0 aliphatic heterocycles. The zero-order valence-corrected chi connectivity index (χ0v) is 11.4. The van der Waals surface area contributed by atoms with Crippen molar-refractivity contribution in [2.75, 3.05) is 7.05 Å². The van der Waals surface area contributed by atoms with Gasteiger partial charge in [0.15, 0.2) is 5.75 Å². The number of hydrogen-bond acceptors (Lipinski definition) is 4. The number of nitro groups is 1. The van der Waals surface area contributed by atoms with E-state index >= 15 is 0 Å². The summed E-state index contributed by atoms with van der Waals surface area (Å²) in [6.07, 6.45) is 0. The van der Waals surface area contributed by atoms with Crippen LogP contribution in [0.3, 0.4) is 0 Å². The average Bonchev–Trinajstić information content (AvgIpc) is 2.47. The molecule has 0 aliphatic rings. The molecule has 0 bridgehead atoms. The lowest BCUT2D eigenvalue weighted by Crippen LogP contribution is -2.26. The van der Waals surface area contributed by atoms with Crippen LogP contribution in [0.1, 0.15) is 15.9 Å². The van der Waals surface area contributed by atoms with Crippen LogP contribution in [0.4, 0.5) is 5.69 Å². The van der Waals surface area contributed by atoms with Crippen LogP contribution >= 0.6 is 0 Å². The first kappa shape index (κ1) is 14.5. The topological polar surface area (TPSA) is 83.7 Å². The molecule has 108 valence electrons.